The first-order valence-corrected chi connectivity index (χ1v) is 8.83. The summed E-state index contributed by atoms with van der Waals surface area (Å²) in [6.45, 7) is 2.85. The van der Waals surface area contributed by atoms with Crippen molar-refractivity contribution in [1.29, 1.82) is 0 Å². The second kappa shape index (κ2) is 10.4. The minimum Gasteiger partial charge on any atom is -0.493 e. The Hall–Kier alpha value is -2.93. The van der Waals surface area contributed by atoms with Gasteiger partial charge in [0, 0.05) is 31.3 Å². The Morgan fingerprint density at radius 2 is 1.96 bits per heavy atom. The molecule has 0 aromatic heterocycles. The van der Waals surface area contributed by atoms with E-state index in [2.05, 4.69) is 0 Å². The molecular formula is C21H24F2N2O3. The summed E-state index contributed by atoms with van der Waals surface area (Å²) < 4.78 is 37.7. The average molecular weight is 390 g/mol. The zero-order chi connectivity index (χ0) is 20.5. The van der Waals surface area contributed by atoms with Gasteiger partial charge in [0.25, 0.3) is 0 Å². The molecule has 150 valence electrons. The van der Waals surface area contributed by atoms with Crippen LogP contribution in [0.5, 0.6) is 11.5 Å². The number of carbonyl (C=O) groups is 1. The van der Waals surface area contributed by atoms with Gasteiger partial charge in [0.1, 0.15) is 18.2 Å². The highest BCUT2D eigenvalue weighted by Crippen LogP contribution is 2.29. The van der Waals surface area contributed by atoms with Gasteiger partial charge in [0.05, 0.1) is 7.11 Å². The number of hydrogen-bond acceptors (Lipinski definition) is 4. The van der Waals surface area contributed by atoms with Crippen LogP contribution < -0.4 is 15.2 Å². The van der Waals surface area contributed by atoms with E-state index >= 15 is 0 Å². The van der Waals surface area contributed by atoms with Gasteiger partial charge in [-0.3, -0.25) is 4.79 Å². The zero-order valence-electron chi connectivity index (χ0n) is 16.0. The van der Waals surface area contributed by atoms with Crippen molar-refractivity contribution >= 4 is 5.91 Å². The summed E-state index contributed by atoms with van der Waals surface area (Å²) in [5, 5.41) is 0. The lowest BCUT2D eigenvalue weighted by atomic mass is 10.1. The Labute approximate surface area is 163 Å². The standard InChI is InChI=1S/C21H24F2N2O3/c1-3-4-21(26)25(10-9-24)13-15-5-8-19(20(11-15)27-2)28-14-16-6-7-17(22)12-18(16)23/h3-8,11-12H,9-10,13-14,24H2,1-2H3/b4-3+. The van der Waals surface area contributed by atoms with Crippen molar-refractivity contribution in [2.75, 3.05) is 20.2 Å². The molecule has 0 radical (unpaired) electrons. The van der Waals surface area contributed by atoms with Gasteiger partial charge in [0.15, 0.2) is 11.5 Å². The number of nitrogens with zero attached hydrogens (tertiary/aromatic N) is 1. The highest BCUT2D eigenvalue weighted by molar-refractivity contribution is 5.87. The molecule has 0 saturated heterocycles. The third-order valence-corrected chi connectivity index (χ3v) is 4.02. The van der Waals surface area contributed by atoms with Crippen LogP contribution in [-0.4, -0.2) is 31.0 Å². The average Bonchev–Trinajstić information content (AvgIpc) is 2.67. The maximum atomic E-state index is 13.7. The summed E-state index contributed by atoms with van der Waals surface area (Å²) in [5.41, 5.74) is 6.67. The topological polar surface area (TPSA) is 64.8 Å². The van der Waals surface area contributed by atoms with E-state index in [1.165, 1.54) is 25.3 Å². The summed E-state index contributed by atoms with van der Waals surface area (Å²) in [7, 11) is 1.49. The quantitative estimate of drug-likeness (QED) is 0.667. The van der Waals surface area contributed by atoms with Gasteiger partial charge in [-0.15, -0.1) is 0 Å². The van der Waals surface area contributed by atoms with E-state index in [1.807, 2.05) is 0 Å². The van der Waals surface area contributed by atoms with Crippen molar-refractivity contribution in [2.45, 2.75) is 20.1 Å². The van der Waals surface area contributed by atoms with Crippen molar-refractivity contribution < 1.29 is 23.0 Å². The van der Waals surface area contributed by atoms with E-state index < -0.39 is 11.6 Å². The van der Waals surface area contributed by atoms with Crippen LogP contribution in [0.4, 0.5) is 8.78 Å². The molecule has 2 aromatic rings. The molecule has 0 aliphatic rings. The van der Waals surface area contributed by atoms with E-state index in [-0.39, 0.29) is 18.1 Å². The lowest BCUT2D eigenvalue weighted by Crippen LogP contribution is -2.33. The molecule has 1 amide bonds. The molecule has 0 spiro atoms. The molecule has 0 atom stereocenters. The lowest BCUT2D eigenvalue weighted by Gasteiger charge is -2.21. The molecule has 0 unspecified atom stereocenters. The first-order chi connectivity index (χ1) is 13.5. The molecule has 0 aliphatic carbocycles. The van der Waals surface area contributed by atoms with Crippen molar-refractivity contribution in [3.8, 4) is 11.5 Å². The summed E-state index contributed by atoms with van der Waals surface area (Å²) in [6.07, 6.45) is 3.17. The van der Waals surface area contributed by atoms with Gasteiger partial charge in [-0.1, -0.05) is 12.1 Å². The van der Waals surface area contributed by atoms with Crippen LogP contribution >= 0.6 is 0 Å². The van der Waals surface area contributed by atoms with E-state index in [9.17, 15) is 13.6 Å². The lowest BCUT2D eigenvalue weighted by molar-refractivity contribution is -0.126. The maximum absolute atomic E-state index is 13.7. The Bertz CT molecular complexity index is 840. The minimum atomic E-state index is -0.671. The highest BCUT2D eigenvalue weighted by Gasteiger charge is 2.13. The molecule has 28 heavy (non-hydrogen) atoms. The molecule has 2 rings (SSSR count). The van der Waals surface area contributed by atoms with Crippen molar-refractivity contribution in [3.05, 3.63) is 71.3 Å². The second-order valence-electron chi connectivity index (χ2n) is 6.06. The van der Waals surface area contributed by atoms with Gasteiger partial charge in [-0.05, 0) is 42.8 Å². The Balaban J connectivity index is 2.13. The first kappa shape index (κ1) is 21.4. The number of carbonyl (C=O) groups excluding carboxylic acids is 1. The van der Waals surface area contributed by atoms with Crippen molar-refractivity contribution in [2.24, 2.45) is 5.73 Å². The number of nitrogens with two attached hydrogens (primary N) is 1. The first-order valence-electron chi connectivity index (χ1n) is 8.83. The monoisotopic (exact) mass is 390 g/mol. The molecular weight excluding hydrogens is 366 g/mol. The molecule has 0 heterocycles. The van der Waals surface area contributed by atoms with E-state index in [0.29, 0.717) is 31.1 Å². The largest absolute Gasteiger partial charge is 0.493 e. The fourth-order valence-corrected chi connectivity index (χ4v) is 2.62. The van der Waals surface area contributed by atoms with Crippen LogP contribution in [0.1, 0.15) is 18.1 Å². The van der Waals surface area contributed by atoms with E-state index in [1.54, 1.807) is 36.1 Å². The molecule has 2 aromatic carbocycles. The highest BCUT2D eigenvalue weighted by atomic mass is 19.1. The predicted octanol–water partition coefficient (Wildman–Crippen LogP) is 3.42. The Morgan fingerprint density at radius 1 is 1.18 bits per heavy atom. The third kappa shape index (κ3) is 5.79. The molecule has 0 aliphatic heterocycles. The molecule has 0 bridgehead atoms. The molecule has 0 fully saturated rings. The number of allylic oxidation sites excluding steroid dienone is 1. The number of amides is 1. The van der Waals surface area contributed by atoms with Gasteiger partial charge < -0.3 is 20.1 Å². The Morgan fingerprint density at radius 3 is 2.61 bits per heavy atom. The number of benzene rings is 2. The summed E-state index contributed by atoms with van der Waals surface area (Å²) in [5.74, 6) is -0.571. The van der Waals surface area contributed by atoms with Crippen LogP contribution in [-0.2, 0) is 17.9 Å². The zero-order valence-corrected chi connectivity index (χ0v) is 16.0. The van der Waals surface area contributed by atoms with Gasteiger partial charge >= 0.3 is 0 Å². The van der Waals surface area contributed by atoms with Gasteiger partial charge in [-0.2, -0.15) is 0 Å². The van der Waals surface area contributed by atoms with E-state index in [0.717, 1.165) is 11.6 Å². The smallest absolute Gasteiger partial charge is 0.246 e. The molecule has 2 N–H and O–H groups in total. The van der Waals surface area contributed by atoms with Crippen LogP contribution in [0.15, 0.2) is 48.6 Å². The third-order valence-electron chi connectivity index (χ3n) is 4.02. The van der Waals surface area contributed by atoms with Crippen LogP contribution in [0, 0.1) is 11.6 Å². The van der Waals surface area contributed by atoms with Crippen LogP contribution in [0.25, 0.3) is 0 Å². The number of rotatable bonds is 9. The SMILES string of the molecule is C/C=C/C(=O)N(CCN)Cc1ccc(OCc2ccc(F)cc2F)c(OC)c1. The number of ether oxygens (including phenoxy) is 2. The summed E-state index contributed by atoms with van der Waals surface area (Å²) >= 11 is 0. The van der Waals surface area contributed by atoms with Gasteiger partial charge in [-0.25, -0.2) is 8.78 Å². The van der Waals surface area contributed by atoms with Crippen molar-refractivity contribution in [3.63, 3.8) is 0 Å². The molecule has 0 saturated carbocycles. The maximum Gasteiger partial charge on any atom is 0.246 e. The number of methoxy groups -OCH3 is 1. The van der Waals surface area contributed by atoms with Gasteiger partial charge in [0.2, 0.25) is 5.91 Å². The van der Waals surface area contributed by atoms with Crippen LogP contribution in [0.3, 0.4) is 0 Å². The Kier molecular flexibility index (Phi) is 7.95. The normalized spacial score (nSPS) is 10.9. The second-order valence-corrected chi connectivity index (χ2v) is 6.06. The number of hydrogen-bond donors (Lipinski definition) is 1. The van der Waals surface area contributed by atoms with Crippen LogP contribution in [0.2, 0.25) is 0 Å². The fraction of sp³-hybridized carbons (Fsp3) is 0.286. The summed E-state index contributed by atoms with van der Waals surface area (Å²) in [6, 6.07) is 8.57. The van der Waals surface area contributed by atoms with E-state index in [4.69, 9.17) is 15.2 Å². The molecule has 5 nitrogen and oxygen atoms in total. The molecule has 7 heteroatoms. The fourth-order valence-electron chi connectivity index (χ4n) is 2.62. The summed E-state index contributed by atoms with van der Waals surface area (Å²) in [4.78, 5) is 13.8. The number of halogens is 2. The van der Waals surface area contributed by atoms with Crippen molar-refractivity contribution in [1.82, 2.24) is 4.90 Å². The minimum absolute atomic E-state index is 0.0686. The predicted molar refractivity (Wildman–Crippen MR) is 103 cm³/mol.